The molecule has 0 spiro atoms. The smallest absolute Gasteiger partial charge is 0.410 e. The fraction of sp³-hybridized carbons (Fsp3) is 0.789. The summed E-state index contributed by atoms with van der Waals surface area (Å²) < 4.78 is 5.45. The fourth-order valence-corrected chi connectivity index (χ4v) is 3.09. The summed E-state index contributed by atoms with van der Waals surface area (Å²) in [5.74, 6) is 1.43. The Morgan fingerprint density at radius 2 is 1.88 bits per heavy atom. The van der Waals surface area contributed by atoms with E-state index in [1.54, 1.807) is 0 Å². The molecule has 0 radical (unpaired) electrons. The zero-order valence-corrected chi connectivity index (χ0v) is 16.2. The number of amides is 1. The number of aliphatic imine (C=N–C) groups is 1. The Morgan fingerprint density at radius 3 is 2.44 bits per heavy atom. The Hall–Kier alpha value is -1.72. The normalized spacial score (nSPS) is 20.0. The van der Waals surface area contributed by atoms with Gasteiger partial charge in [-0.2, -0.15) is 0 Å². The average molecular weight is 351 g/mol. The summed E-state index contributed by atoms with van der Waals surface area (Å²) in [5.41, 5.74) is -0.431. The van der Waals surface area contributed by atoms with E-state index >= 15 is 0 Å². The number of hydrogen-bond acceptors (Lipinski definition) is 3. The maximum Gasteiger partial charge on any atom is 0.410 e. The summed E-state index contributed by atoms with van der Waals surface area (Å²) in [5, 5.41) is 6.83. The van der Waals surface area contributed by atoms with Gasteiger partial charge < -0.3 is 20.3 Å². The van der Waals surface area contributed by atoms with E-state index in [-0.39, 0.29) is 6.09 Å². The SMILES string of the molecule is CCNC(=NCC1CCN(C(=O)OC(C)(C)C)CC1)NC1CC=CC1. The van der Waals surface area contributed by atoms with Crippen LogP contribution < -0.4 is 10.6 Å². The number of carbonyl (C=O) groups is 1. The van der Waals surface area contributed by atoms with E-state index in [9.17, 15) is 4.79 Å². The van der Waals surface area contributed by atoms with Crippen LogP contribution >= 0.6 is 0 Å². The molecule has 6 heteroatoms. The van der Waals surface area contributed by atoms with E-state index in [4.69, 9.17) is 9.73 Å². The molecule has 1 saturated heterocycles. The predicted octanol–water partition coefficient (Wildman–Crippen LogP) is 2.91. The van der Waals surface area contributed by atoms with Crippen LogP contribution in [0.4, 0.5) is 4.79 Å². The maximum absolute atomic E-state index is 12.1. The standard InChI is InChI=1S/C19H34N4O2/c1-5-20-17(22-16-8-6-7-9-16)21-14-15-10-12-23(13-11-15)18(24)25-19(2,3)4/h6-7,15-16H,5,8-14H2,1-4H3,(H2,20,21,22). The van der Waals surface area contributed by atoms with Crippen LogP contribution in [0.1, 0.15) is 53.4 Å². The van der Waals surface area contributed by atoms with Gasteiger partial charge in [0.1, 0.15) is 5.60 Å². The fourth-order valence-electron chi connectivity index (χ4n) is 3.09. The van der Waals surface area contributed by atoms with Crippen LogP contribution in [0.3, 0.4) is 0 Å². The average Bonchev–Trinajstić information content (AvgIpc) is 3.05. The van der Waals surface area contributed by atoms with Gasteiger partial charge in [-0.05, 0) is 59.3 Å². The van der Waals surface area contributed by atoms with Crippen molar-refractivity contribution in [1.29, 1.82) is 0 Å². The summed E-state index contributed by atoms with van der Waals surface area (Å²) in [6.45, 7) is 11.0. The van der Waals surface area contributed by atoms with Gasteiger partial charge in [-0.25, -0.2) is 4.79 Å². The molecule has 0 aromatic rings. The van der Waals surface area contributed by atoms with Crippen LogP contribution in [0.5, 0.6) is 0 Å². The van der Waals surface area contributed by atoms with Crippen molar-refractivity contribution < 1.29 is 9.53 Å². The van der Waals surface area contributed by atoms with Gasteiger partial charge in [-0.1, -0.05) is 12.2 Å². The van der Waals surface area contributed by atoms with Gasteiger partial charge in [-0.15, -0.1) is 0 Å². The van der Waals surface area contributed by atoms with Gasteiger partial charge in [0.2, 0.25) is 0 Å². The van der Waals surface area contributed by atoms with Gasteiger partial charge in [0, 0.05) is 32.2 Å². The van der Waals surface area contributed by atoms with Crippen molar-refractivity contribution in [2.24, 2.45) is 10.9 Å². The zero-order valence-electron chi connectivity index (χ0n) is 16.2. The zero-order chi connectivity index (χ0) is 18.3. The monoisotopic (exact) mass is 350 g/mol. The quantitative estimate of drug-likeness (QED) is 0.465. The lowest BCUT2D eigenvalue weighted by Gasteiger charge is -2.33. The number of likely N-dealkylation sites (tertiary alicyclic amines) is 1. The molecule has 2 aliphatic rings. The Balaban J connectivity index is 1.76. The van der Waals surface area contributed by atoms with Crippen LogP contribution in [0.15, 0.2) is 17.1 Å². The molecule has 0 aromatic heterocycles. The summed E-state index contributed by atoms with van der Waals surface area (Å²) in [6, 6.07) is 0.465. The summed E-state index contributed by atoms with van der Waals surface area (Å²) in [4.78, 5) is 18.7. The second-order valence-electron chi connectivity index (χ2n) is 7.91. The maximum atomic E-state index is 12.1. The lowest BCUT2D eigenvalue weighted by atomic mass is 9.97. The van der Waals surface area contributed by atoms with Crippen molar-refractivity contribution in [2.75, 3.05) is 26.2 Å². The summed E-state index contributed by atoms with van der Waals surface area (Å²) in [7, 11) is 0. The van der Waals surface area contributed by atoms with E-state index in [2.05, 4.69) is 29.7 Å². The third-order valence-corrected chi connectivity index (χ3v) is 4.47. The van der Waals surface area contributed by atoms with Crippen molar-refractivity contribution in [2.45, 2.75) is 65.0 Å². The van der Waals surface area contributed by atoms with Gasteiger partial charge in [0.15, 0.2) is 5.96 Å². The lowest BCUT2D eigenvalue weighted by molar-refractivity contribution is 0.0187. The molecular weight excluding hydrogens is 316 g/mol. The second-order valence-corrected chi connectivity index (χ2v) is 7.91. The molecule has 1 fully saturated rings. The third kappa shape index (κ3) is 6.96. The van der Waals surface area contributed by atoms with E-state index in [1.165, 1.54) is 0 Å². The van der Waals surface area contributed by atoms with Crippen molar-refractivity contribution >= 4 is 12.1 Å². The molecule has 1 heterocycles. The first-order valence-corrected chi connectivity index (χ1v) is 9.55. The van der Waals surface area contributed by atoms with E-state index in [0.29, 0.717) is 12.0 Å². The van der Waals surface area contributed by atoms with Crippen LogP contribution in [-0.2, 0) is 4.74 Å². The van der Waals surface area contributed by atoms with Gasteiger partial charge >= 0.3 is 6.09 Å². The highest BCUT2D eigenvalue weighted by Gasteiger charge is 2.26. The van der Waals surface area contributed by atoms with Crippen molar-refractivity contribution in [3.05, 3.63) is 12.2 Å². The number of ether oxygens (including phenoxy) is 1. The second kappa shape index (κ2) is 9.11. The van der Waals surface area contributed by atoms with Crippen LogP contribution in [0.2, 0.25) is 0 Å². The third-order valence-electron chi connectivity index (χ3n) is 4.47. The molecule has 142 valence electrons. The molecule has 2 N–H and O–H groups in total. The number of carbonyl (C=O) groups excluding carboxylic acids is 1. The number of nitrogens with one attached hydrogen (secondary N) is 2. The predicted molar refractivity (Wildman–Crippen MR) is 102 cm³/mol. The molecule has 2 rings (SSSR count). The number of piperidine rings is 1. The van der Waals surface area contributed by atoms with Crippen LogP contribution in [0.25, 0.3) is 0 Å². The summed E-state index contributed by atoms with van der Waals surface area (Å²) in [6.07, 6.45) is 8.33. The molecule has 1 aliphatic heterocycles. The lowest BCUT2D eigenvalue weighted by Crippen LogP contribution is -2.44. The minimum Gasteiger partial charge on any atom is -0.444 e. The Bertz CT molecular complexity index is 480. The van der Waals surface area contributed by atoms with Crippen molar-refractivity contribution in [3.63, 3.8) is 0 Å². The minimum absolute atomic E-state index is 0.196. The number of rotatable bonds is 4. The number of hydrogen-bond donors (Lipinski definition) is 2. The molecule has 25 heavy (non-hydrogen) atoms. The minimum atomic E-state index is -0.431. The van der Waals surface area contributed by atoms with Gasteiger partial charge in [0.05, 0.1) is 0 Å². The van der Waals surface area contributed by atoms with E-state index in [0.717, 1.165) is 57.8 Å². The van der Waals surface area contributed by atoms with Crippen LogP contribution in [-0.4, -0.2) is 54.8 Å². The molecule has 0 unspecified atom stereocenters. The van der Waals surface area contributed by atoms with Crippen molar-refractivity contribution in [1.82, 2.24) is 15.5 Å². The molecule has 0 aromatic carbocycles. The largest absolute Gasteiger partial charge is 0.444 e. The van der Waals surface area contributed by atoms with Crippen molar-refractivity contribution in [3.8, 4) is 0 Å². The highest BCUT2D eigenvalue weighted by molar-refractivity contribution is 5.80. The van der Waals surface area contributed by atoms with Gasteiger partial charge in [0.25, 0.3) is 0 Å². The molecular formula is C19H34N4O2. The first-order valence-electron chi connectivity index (χ1n) is 9.55. The number of nitrogens with zero attached hydrogens (tertiary/aromatic N) is 2. The molecule has 0 bridgehead atoms. The van der Waals surface area contributed by atoms with Crippen LogP contribution in [0, 0.1) is 5.92 Å². The molecule has 6 nitrogen and oxygen atoms in total. The Kier molecular flexibility index (Phi) is 7.14. The molecule has 0 saturated carbocycles. The first kappa shape index (κ1) is 19.6. The molecule has 1 aliphatic carbocycles. The van der Waals surface area contributed by atoms with E-state index < -0.39 is 5.60 Å². The highest BCUT2D eigenvalue weighted by atomic mass is 16.6. The van der Waals surface area contributed by atoms with E-state index in [1.807, 2.05) is 25.7 Å². The number of guanidine groups is 1. The first-order chi connectivity index (χ1) is 11.9. The Labute approximate surface area is 152 Å². The van der Waals surface area contributed by atoms with Gasteiger partial charge in [-0.3, -0.25) is 4.99 Å². The topological polar surface area (TPSA) is 66.0 Å². The Morgan fingerprint density at radius 1 is 1.24 bits per heavy atom. The molecule has 1 amide bonds. The summed E-state index contributed by atoms with van der Waals surface area (Å²) >= 11 is 0. The molecule has 0 atom stereocenters. The highest BCUT2D eigenvalue weighted by Crippen LogP contribution is 2.20.